The third-order valence-electron chi connectivity index (χ3n) is 4.31. The van der Waals surface area contributed by atoms with Crippen LogP contribution >= 0.6 is 0 Å². The van der Waals surface area contributed by atoms with Gasteiger partial charge in [0.05, 0.1) is 18.4 Å². The van der Waals surface area contributed by atoms with Gasteiger partial charge in [0.15, 0.2) is 0 Å². The summed E-state index contributed by atoms with van der Waals surface area (Å²) in [7, 11) is 1.46. The normalized spacial score (nSPS) is 14.3. The molecule has 4 heteroatoms. The Labute approximate surface area is 136 Å². The molecule has 0 aromatic heterocycles. The molecule has 2 unspecified atom stereocenters. The molecule has 0 aromatic rings. The molecule has 0 fully saturated rings. The molecule has 0 aliphatic heterocycles. The van der Waals surface area contributed by atoms with Crippen LogP contribution in [0.4, 0.5) is 0 Å². The highest BCUT2D eigenvalue weighted by atomic mass is 16.5. The number of carbonyl (C=O) groups excluding carboxylic acids is 1. The Morgan fingerprint density at radius 3 is 1.95 bits per heavy atom. The van der Waals surface area contributed by atoms with Gasteiger partial charge >= 0.3 is 11.9 Å². The lowest BCUT2D eigenvalue weighted by Crippen LogP contribution is -2.26. The molecule has 0 aromatic carbocycles. The van der Waals surface area contributed by atoms with Crippen molar-refractivity contribution in [1.29, 1.82) is 0 Å². The molecule has 0 amide bonds. The van der Waals surface area contributed by atoms with Gasteiger partial charge in [-0.15, -0.1) is 0 Å². The van der Waals surface area contributed by atoms with Crippen molar-refractivity contribution in [3.05, 3.63) is 0 Å². The van der Waals surface area contributed by atoms with Crippen molar-refractivity contribution < 1.29 is 19.4 Å². The fourth-order valence-corrected chi connectivity index (χ4v) is 2.11. The van der Waals surface area contributed by atoms with Gasteiger partial charge in [-0.2, -0.15) is 0 Å². The minimum Gasteiger partial charge on any atom is -0.481 e. The first-order valence-corrected chi connectivity index (χ1v) is 8.63. The minimum atomic E-state index is -0.659. The van der Waals surface area contributed by atoms with Gasteiger partial charge < -0.3 is 9.84 Å². The molecule has 22 heavy (non-hydrogen) atoms. The van der Waals surface area contributed by atoms with Gasteiger partial charge in [0.2, 0.25) is 0 Å². The highest BCUT2D eigenvalue weighted by Crippen LogP contribution is 2.27. The maximum Gasteiger partial charge on any atom is 0.309 e. The van der Waals surface area contributed by atoms with Crippen LogP contribution < -0.4 is 0 Å². The minimum absolute atomic E-state index is 0.0547. The van der Waals surface area contributed by atoms with Gasteiger partial charge in [-0.05, 0) is 32.6 Å². The van der Waals surface area contributed by atoms with E-state index in [9.17, 15) is 9.59 Å². The third kappa shape index (κ3) is 9.80. The SMILES string of the molecule is CCCCC(C)(CC)C(=O)O.CCCCC(CC)C(=O)OC. The zero-order chi connectivity index (χ0) is 17.6. The van der Waals surface area contributed by atoms with Gasteiger partial charge in [0.25, 0.3) is 0 Å². The van der Waals surface area contributed by atoms with Crippen molar-refractivity contribution in [1.82, 2.24) is 0 Å². The quantitative estimate of drug-likeness (QED) is 0.573. The number of methoxy groups -OCH3 is 1. The molecule has 0 rings (SSSR count). The first-order valence-electron chi connectivity index (χ1n) is 8.63. The van der Waals surface area contributed by atoms with Gasteiger partial charge in [-0.1, -0.05) is 53.4 Å². The topological polar surface area (TPSA) is 63.6 Å². The van der Waals surface area contributed by atoms with Crippen LogP contribution in [0.3, 0.4) is 0 Å². The summed E-state index contributed by atoms with van der Waals surface area (Å²) >= 11 is 0. The predicted octanol–water partition coefficient (Wildman–Crippen LogP) is 5.05. The van der Waals surface area contributed by atoms with Gasteiger partial charge in [0, 0.05) is 0 Å². The number of carbonyl (C=O) groups is 2. The number of carboxylic acid groups (broad SMARTS) is 1. The van der Waals surface area contributed by atoms with E-state index in [2.05, 4.69) is 18.6 Å². The van der Waals surface area contributed by atoms with Crippen LogP contribution in [-0.2, 0) is 14.3 Å². The monoisotopic (exact) mass is 316 g/mol. The molecule has 0 saturated carbocycles. The molecular weight excluding hydrogens is 280 g/mol. The average Bonchev–Trinajstić information content (AvgIpc) is 2.53. The number of hydrogen-bond acceptors (Lipinski definition) is 3. The number of carboxylic acids is 1. The summed E-state index contributed by atoms with van der Waals surface area (Å²) < 4.78 is 4.66. The molecule has 0 aliphatic rings. The van der Waals surface area contributed by atoms with Crippen LogP contribution in [0, 0.1) is 11.3 Å². The summed E-state index contributed by atoms with van der Waals surface area (Å²) in [5.41, 5.74) is -0.490. The molecule has 4 nitrogen and oxygen atoms in total. The van der Waals surface area contributed by atoms with Crippen LogP contribution in [0.1, 0.15) is 86.0 Å². The molecule has 0 radical (unpaired) electrons. The fourth-order valence-electron chi connectivity index (χ4n) is 2.11. The maximum atomic E-state index is 11.0. The summed E-state index contributed by atoms with van der Waals surface area (Å²) in [6, 6.07) is 0. The van der Waals surface area contributed by atoms with Crippen molar-refractivity contribution in [2.24, 2.45) is 11.3 Å². The summed E-state index contributed by atoms with van der Waals surface area (Å²) in [4.78, 5) is 21.8. The Kier molecular flexibility index (Phi) is 14.3. The largest absolute Gasteiger partial charge is 0.481 e. The Morgan fingerprint density at radius 2 is 1.64 bits per heavy atom. The van der Waals surface area contributed by atoms with E-state index in [1.165, 1.54) is 7.11 Å². The van der Waals surface area contributed by atoms with E-state index in [0.29, 0.717) is 0 Å². The van der Waals surface area contributed by atoms with Gasteiger partial charge in [-0.3, -0.25) is 9.59 Å². The molecule has 1 N–H and O–H groups in total. The molecule has 0 bridgehead atoms. The van der Waals surface area contributed by atoms with Crippen LogP contribution in [0.5, 0.6) is 0 Å². The third-order valence-corrected chi connectivity index (χ3v) is 4.31. The lowest BCUT2D eigenvalue weighted by Gasteiger charge is -2.22. The second-order valence-corrected chi connectivity index (χ2v) is 6.09. The van der Waals surface area contributed by atoms with Crippen LogP contribution in [0.15, 0.2) is 0 Å². The lowest BCUT2D eigenvalue weighted by atomic mass is 9.82. The Bertz CT molecular complexity index is 299. The smallest absolute Gasteiger partial charge is 0.309 e. The Hall–Kier alpha value is -1.06. The number of unbranched alkanes of at least 4 members (excludes halogenated alkanes) is 2. The molecular formula is C18H36O4. The van der Waals surface area contributed by atoms with E-state index in [0.717, 1.165) is 51.4 Å². The maximum absolute atomic E-state index is 11.0. The van der Waals surface area contributed by atoms with E-state index in [-0.39, 0.29) is 11.9 Å². The lowest BCUT2D eigenvalue weighted by molar-refractivity contribution is -0.148. The summed E-state index contributed by atoms with van der Waals surface area (Å²) in [5, 5.41) is 8.86. The van der Waals surface area contributed by atoms with Crippen molar-refractivity contribution in [3.8, 4) is 0 Å². The zero-order valence-electron chi connectivity index (χ0n) is 15.4. The van der Waals surface area contributed by atoms with E-state index in [4.69, 9.17) is 5.11 Å². The fraction of sp³-hybridized carbons (Fsp3) is 0.889. The van der Waals surface area contributed by atoms with Crippen molar-refractivity contribution in [2.45, 2.75) is 86.0 Å². The highest BCUT2D eigenvalue weighted by Gasteiger charge is 2.29. The van der Waals surface area contributed by atoms with E-state index in [1.807, 2.05) is 20.8 Å². The molecule has 132 valence electrons. The van der Waals surface area contributed by atoms with Crippen LogP contribution in [0.25, 0.3) is 0 Å². The summed E-state index contributed by atoms with van der Waals surface area (Å²) in [6.07, 6.45) is 7.74. The van der Waals surface area contributed by atoms with Crippen molar-refractivity contribution in [3.63, 3.8) is 0 Å². The van der Waals surface area contributed by atoms with E-state index < -0.39 is 11.4 Å². The second-order valence-electron chi connectivity index (χ2n) is 6.09. The first kappa shape index (κ1) is 23.2. The molecule has 2 atom stereocenters. The first-order chi connectivity index (χ1) is 10.3. The molecule has 0 heterocycles. The number of esters is 1. The van der Waals surface area contributed by atoms with Crippen molar-refractivity contribution in [2.75, 3.05) is 7.11 Å². The standard InChI is InChI=1S/2C9H18O2/c1-4-6-7-9(3,5-2)8(10)11;1-4-6-7-8(5-2)9(10)11-3/h4-7H2,1-3H3,(H,10,11);8H,4-7H2,1-3H3. The Balaban J connectivity index is 0. The van der Waals surface area contributed by atoms with Crippen LogP contribution in [-0.4, -0.2) is 24.2 Å². The van der Waals surface area contributed by atoms with Gasteiger partial charge in [0.1, 0.15) is 0 Å². The van der Waals surface area contributed by atoms with E-state index >= 15 is 0 Å². The van der Waals surface area contributed by atoms with Gasteiger partial charge in [-0.25, -0.2) is 0 Å². The highest BCUT2D eigenvalue weighted by molar-refractivity contribution is 5.74. The molecule has 0 spiro atoms. The van der Waals surface area contributed by atoms with Crippen molar-refractivity contribution >= 4 is 11.9 Å². The second kappa shape index (κ2) is 13.6. The van der Waals surface area contributed by atoms with E-state index in [1.54, 1.807) is 0 Å². The molecule has 0 saturated heterocycles. The summed E-state index contributed by atoms with van der Waals surface area (Å²) in [6.45, 7) is 9.99. The zero-order valence-corrected chi connectivity index (χ0v) is 15.4. The predicted molar refractivity (Wildman–Crippen MR) is 90.9 cm³/mol. The number of rotatable bonds is 10. The Morgan fingerprint density at radius 1 is 1.09 bits per heavy atom. The number of ether oxygens (including phenoxy) is 1. The molecule has 0 aliphatic carbocycles. The average molecular weight is 316 g/mol. The summed E-state index contributed by atoms with van der Waals surface area (Å²) in [5.74, 6) is -0.589. The number of hydrogen-bond donors (Lipinski definition) is 1. The number of aliphatic carboxylic acids is 1. The van der Waals surface area contributed by atoms with Crippen LogP contribution in [0.2, 0.25) is 0 Å².